The van der Waals surface area contributed by atoms with Gasteiger partial charge in [-0.3, -0.25) is 4.79 Å². The molecule has 1 aromatic carbocycles. The lowest BCUT2D eigenvalue weighted by Gasteiger charge is -2.38. The number of morpholine rings is 1. The number of rotatable bonds is 5. The summed E-state index contributed by atoms with van der Waals surface area (Å²) in [7, 11) is 0. The van der Waals surface area contributed by atoms with Crippen LogP contribution in [0.1, 0.15) is 37.9 Å². The van der Waals surface area contributed by atoms with E-state index in [0.717, 1.165) is 29.2 Å². The quantitative estimate of drug-likeness (QED) is 0.662. The molecule has 1 aromatic heterocycles. The van der Waals surface area contributed by atoms with Crippen LogP contribution in [0.2, 0.25) is 0 Å². The highest BCUT2D eigenvalue weighted by molar-refractivity contribution is 5.89. The van der Waals surface area contributed by atoms with Gasteiger partial charge >= 0.3 is 6.03 Å². The molecule has 0 bridgehead atoms. The van der Waals surface area contributed by atoms with Crippen LogP contribution < -0.4 is 15.5 Å². The SMILES string of the molecule is CCNC(=O)Nc1ccc(-c2nc3c(c(N4CCOC[C@@H]4C)n2)CCN(C(=O)C2(C#N)CC2)C3)cc1. The van der Waals surface area contributed by atoms with Gasteiger partial charge in [-0.05, 0) is 57.4 Å². The van der Waals surface area contributed by atoms with Crippen LogP contribution in [-0.2, 0) is 22.5 Å². The summed E-state index contributed by atoms with van der Waals surface area (Å²) in [5, 5.41) is 15.0. The van der Waals surface area contributed by atoms with E-state index in [1.165, 1.54) is 0 Å². The van der Waals surface area contributed by atoms with Gasteiger partial charge < -0.3 is 25.2 Å². The minimum Gasteiger partial charge on any atom is -0.377 e. The predicted octanol–water partition coefficient (Wildman–Crippen LogP) is 2.70. The Morgan fingerprint density at radius 1 is 1.22 bits per heavy atom. The van der Waals surface area contributed by atoms with Crippen LogP contribution in [-0.4, -0.2) is 65.7 Å². The Labute approximate surface area is 210 Å². The molecule has 10 heteroatoms. The number of anilines is 2. The van der Waals surface area contributed by atoms with Crippen molar-refractivity contribution in [3.05, 3.63) is 35.5 Å². The van der Waals surface area contributed by atoms with Gasteiger partial charge in [0, 0.05) is 36.4 Å². The largest absolute Gasteiger partial charge is 0.377 e. The Hall–Kier alpha value is -3.71. The first-order chi connectivity index (χ1) is 17.4. The van der Waals surface area contributed by atoms with Crippen LogP contribution in [0.15, 0.2) is 24.3 Å². The molecular formula is C26H31N7O3. The van der Waals surface area contributed by atoms with Gasteiger partial charge in [0.25, 0.3) is 0 Å². The molecule has 188 valence electrons. The lowest BCUT2D eigenvalue weighted by atomic mass is 10.0. The van der Waals surface area contributed by atoms with Gasteiger partial charge in [0.05, 0.1) is 37.6 Å². The highest BCUT2D eigenvalue weighted by Crippen LogP contribution is 2.47. The molecule has 3 aliphatic rings. The van der Waals surface area contributed by atoms with E-state index in [2.05, 4.69) is 28.5 Å². The standard InChI is InChI=1S/C26H31N7O3/c1-3-28-25(35)29-19-6-4-18(5-7-19)22-30-21-14-32(24(34)26(16-27)9-10-26)11-8-20(21)23(31-22)33-12-13-36-15-17(33)2/h4-7,17H,3,8-15H2,1-2H3,(H2,28,29,35)/t17-/m0/s1. The van der Waals surface area contributed by atoms with Crippen molar-refractivity contribution in [2.75, 3.05) is 43.1 Å². The minimum absolute atomic E-state index is 0.0853. The van der Waals surface area contributed by atoms with Crippen molar-refractivity contribution in [2.24, 2.45) is 5.41 Å². The van der Waals surface area contributed by atoms with Gasteiger partial charge in [0.1, 0.15) is 11.2 Å². The Bertz CT molecular complexity index is 1200. The summed E-state index contributed by atoms with van der Waals surface area (Å²) in [6.45, 7) is 7.46. The topological polar surface area (TPSA) is 123 Å². The molecule has 2 N–H and O–H groups in total. The van der Waals surface area contributed by atoms with Crippen molar-refractivity contribution < 1.29 is 14.3 Å². The highest BCUT2D eigenvalue weighted by atomic mass is 16.5. The Morgan fingerprint density at radius 3 is 2.67 bits per heavy atom. The average Bonchev–Trinajstić information content (AvgIpc) is 3.70. The van der Waals surface area contributed by atoms with Gasteiger partial charge in [0.15, 0.2) is 5.82 Å². The fourth-order valence-corrected chi connectivity index (χ4v) is 4.83. The number of nitrogens with one attached hydrogen (secondary N) is 2. The third kappa shape index (κ3) is 4.58. The minimum atomic E-state index is -0.845. The molecule has 3 heterocycles. The normalized spacial score (nSPS) is 20.2. The predicted molar refractivity (Wildman–Crippen MR) is 134 cm³/mol. The molecule has 1 saturated carbocycles. The number of benzene rings is 1. The van der Waals surface area contributed by atoms with Crippen molar-refractivity contribution in [2.45, 2.75) is 45.7 Å². The number of carbonyl (C=O) groups is 2. The Morgan fingerprint density at radius 2 is 2.00 bits per heavy atom. The zero-order valence-corrected chi connectivity index (χ0v) is 20.7. The zero-order valence-electron chi connectivity index (χ0n) is 20.7. The molecule has 36 heavy (non-hydrogen) atoms. The van der Waals surface area contributed by atoms with Crippen LogP contribution >= 0.6 is 0 Å². The number of fused-ring (bicyclic) bond motifs is 1. The molecule has 0 spiro atoms. The Balaban J connectivity index is 1.48. The van der Waals surface area contributed by atoms with Crippen molar-refractivity contribution in [1.82, 2.24) is 20.2 Å². The smallest absolute Gasteiger partial charge is 0.319 e. The number of amides is 3. The summed E-state index contributed by atoms with van der Waals surface area (Å²) in [5.41, 5.74) is 2.54. The maximum Gasteiger partial charge on any atom is 0.319 e. The summed E-state index contributed by atoms with van der Waals surface area (Å²) < 4.78 is 5.65. The first-order valence-corrected chi connectivity index (χ1v) is 12.5. The maximum atomic E-state index is 13.1. The van der Waals surface area contributed by atoms with Gasteiger partial charge in [-0.15, -0.1) is 0 Å². The number of carbonyl (C=O) groups excluding carboxylic acids is 2. The van der Waals surface area contributed by atoms with E-state index < -0.39 is 5.41 Å². The number of hydrogen-bond donors (Lipinski definition) is 2. The molecule has 10 nitrogen and oxygen atoms in total. The molecule has 1 aliphatic carbocycles. The van der Waals surface area contributed by atoms with Gasteiger partial charge in [-0.1, -0.05) is 0 Å². The Kier molecular flexibility index (Phi) is 6.49. The van der Waals surface area contributed by atoms with Crippen LogP contribution in [0.4, 0.5) is 16.3 Å². The fourth-order valence-electron chi connectivity index (χ4n) is 4.83. The van der Waals surface area contributed by atoms with Crippen LogP contribution in [0.5, 0.6) is 0 Å². The van der Waals surface area contributed by atoms with Crippen molar-refractivity contribution in [1.29, 1.82) is 5.26 Å². The summed E-state index contributed by atoms with van der Waals surface area (Å²) in [5.74, 6) is 1.38. The zero-order chi connectivity index (χ0) is 25.3. The van der Waals surface area contributed by atoms with E-state index in [1.54, 1.807) is 4.90 Å². The summed E-state index contributed by atoms with van der Waals surface area (Å²) in [6.07, 6.45) is 1.92. The second-order valence-corrected chi connectivity index (χ2v) is 9.65. The van der Waals surface area contributed by atoms with Crippen molar-refractivity contribution in [3.63, 3.8) is 0 Å². The number of nitriles is 1. The van der Waals surface area contributed by atoms with Crippen LogP contribution in [0.25, 0.3) is 11.4 Å². The van der Waals surface area contributed by atoms with E-state index in [-0.39, 0.29) is 18.0 Å². The van der Waals surface area contributed by atoms with Gasteiger partial charge in [-0.25, -0.2) is 14.8 Å². The molecule has 2 aromatic rings. The van der Waals surface area contributed by atoms with Crippen LogP contribution in [0.3, 0.4) is 0 Å². The lowest BCUT2D eigenvalue weighted by molar-refractivity contribution is -0.136. The first-order valence-electron chi connectivity index (χ1n) is 12.5. The van der Waals surface area contributed by atoms with E-state index in [4.69, 9.17) is 14.7 Å². The number of urea groups is 1. The van der Waals surface area contributed by atoms with E-state index in [0.29, 0.717) is 63.6 Å². The third-order valence-electron chi connectivity index (χ3n) is 7.08. The lowest BCUT2D eigenvalue weighted by Crippen LogP contribution is -2.46. The van der Waals surface area contributed by atoms with Crippen molar-refractivity contribution >= 4 is 23.4 Å². The second kappa shape index (κ2) is 9.74. The number of hydrogen-bond acceptors (Lipinski definition) is 7. The molecule has 2 aliphatic heterocycles. The molecule has 0 unspecified atom stereocenters. The highest BCUT2D eigenvalue weighted by Gasteiger charge is 2.53. The number of ether oxygens (including phenoxy) is 1. The van der Waals surface area contributed by atoms with E-state index >= 15 is 0 Å². The summed E-state index contributed by atoms with van der Waals surface area (Å²) >= 11 is 0. The molecule has 0 radical (unpaired) electrons. The van der Waals surface area contributed by atoms with E-state index in [1.807, 2.05) is 31.2 Å². The molecular weight excluding hydrogens is 458 g/mol. The van der Waals surface area contributed by atoms with E-state index in [9.17, 15) is 14.9 Å². The van der Waals surface area contributed by atoms with Crippen molar-refractivity contribution in [3.8, 4) is 17.5 Å². The molecule has 1 atom stereocenters. The average molecular weight is 490 g/mol. The number of nitrogens with zero attached hydrogens (tertiary/aromatic N) is 5. The number of aromatic nitrogens is 2. The molecule has 3 amide bonds. The fraction of sp³-hybridized carbons (Fsp3) is 0.500. The molecule has 1 saturated heterocycles. The molecule has 5 rings (SSSR count). The first kappa shape index (κ1) is 24.0. The second-order valence-electron chi connectivity index (χ2n) is 9.65. The van der Waals surface area contributed by atoms with Crippen LogP contribution in [0, 0.1) is 16.7 Å². The van der Waals surface area contributed by atoms with Gasteiger partial charge in [0.2, 0.25) is 5.91 Å². The molecule has 2 fully saturated rings. The maximum absolute atomic E-state index is 13.1. The summed E-state index contributed by atoms with van der Waals surface area (Å²) in [4.78, 5) is 38.9. The third-order valence-corrected chi connectivity index (χ3v) is 7.08. The van der Waals surface area contributed by atoms with Gasteiger partial charge in [-0.2, -0.15) is 5.26 Å². The summed E-state index contributed by atoms with van der Waals surface area (Å²) in [6, 6.07) is 9.56. The monoisotopic (exact) mass is 489 g/mol.